The number of nitro benzene ring substituents is 1. The molecule has 1 aromatic rings. The fourth-order valence-corrected chi connectivity index (χ4v) is 1.38. The third kappa shape index (κ3) is 4.01. The molecule has 92 valence electrons. The largest absolute Gasteiger partial charge is 0.392 e. The van der Waals surface area contributed by atoms with Gasteiger partial charge in [-0.2, -0.15) is 0 Å². The number of nitro groups is 1. The Hall–Kier alpha value is -1.66. The van der Waals surface area contributed by atoms with E-state index < -0.39 is 16.9 Å². The maximum absolute atomic E-state index is 11.6. The van der Waals surface area contributed by atoms with Crippen molar-refractivity contribution in [3.05, 3.63) is 38.9 Å². The third-order valence-corrected chi connectivity index (χ3v) is 2.13. The molecule has 6 nitrogen and oxygen atoms in total. The van der Waals surface area contributed by atoms with E-state index in [0.717, 1.165) is 12.1 Å². The molecule has 0 bridgehead atoms. The molecule has 0 saturated heterocycles. The summed E-state index contributed by atoms with van der Waals surface area (Å²) >= 11 is 5.67. The second kappa shape index (κ2) is 5.60. The van der Waals surface area contributed by atoms with Crippen molar-refractivity contribution in [2.24, 2.45) is 0 Å². The first-order valence-corrected chi connectivity index (χ1v) is 5.19. The molecule has 7 heteroatoms. The molecule has 2 N–H and O–H groups in total. The Balaban J connectivity index is 2.90. The summed E-state index contributed by atoms with van der Waals surface area (Å²) in [5.41, 5.74) is -0.162. The fourth-order valence-electron chi connectivity index (χ4n) is 1.15. The normalized spacial score (nSPS) is 11.9. The van der Waals surface area contributed by atoms with Gasteiger partial charge in [0.05, 0.1) is 11.0 Å². The summed E-state index contributed by atoms with van der Waals surface area (Å²) in [6.07, 6.45) is -0.687. The van der Waals surface area contributed by atoms with Crippen molar-refractivity contribution < 1.29 is 14.8 Å². The number of nitrogens with one attached hydrogen (secondary N) is 1. The standard InChI is InChI=1S/C10H11ClN2O4/c1-6(14)5-12-10(15)7-2-8(11)4-9(3-7)13(16)17/h2-4,6,14H,5H2,1H3,(H,12,15)/t6-/m0/s1. The predicted molar refractivity (Wildman–Crippen MR) is 62.1 cm³/mol. The summed E-state index contributed by atoms with van der Waals surface area (Å²) in [6, 6.07) is 3.61. The number of amides is 1. The third-order valence-electron chi connectivity index (χ3n) is 1.91. The first-order chi connectivity index (χ1) is 7.90. The average Bonchev–Trinajstić information content (AvgIpc) is 2.24. The predicted octanol–water partition coefficient (Wildman–Crippen LogP) is 1.36. The molecular formula is C10H11ClN2O4. The van der Waals surface area contributed by atoms with Crippen molar-refractivity contribution in [2.75, 3.05) is 6.54 Å². The Morgan fingerprint density at radius 3 is 2.76 bits per heavy atom. The van der Waals surface area contributed by atoms with Crippen LogP contribution in [-0.2, 0) is 0 Å². The van der Waals surface area contributed by atoms with Crippen LogP contribution in [0, 0.1) is 10.1 Å². The molecule has 1 rings (SSSR count). The molecule has 17 heavy (non-hydrogen) atoms. The molecular weight excluding hydrogens is 248 g/mol. The van der Waals surface area contributed by atoms with Crippen molar-refractivity contribution in [3.8, 4) is 0 Å². The number of nitrogens with zero attached hydrogens (tertiary/aromatic N) is 1. The average molecular weight is 259 g/mol. The van der Waals surface area contributed by atoms with E-state index in [9.17, 15) is 14.9 Å². The highest BCUT2D eigenvalue weighted by Gasteiger charge is 2.14. The van der Waals surface area contributed by atoms with Crippen molar-refractivity contribution in [1.82, 2.24) is 5.32 Å². The van der Waals surface area contributed by atoms with Crippen LogP contribution in [0.15, 0.2) is 18.2 Å². The number of hydrogen-bond donors (Lipinski definition) is 2. The van der Waals surface area contributed by atoms with Gasteiger partial charge in [0.1, 0.15) is 0 Å². The first kappa shape index (κ1) is 13.4. The zero-order valence-electron chi connectivity index (χ0n) is 9.01. The Morgan fingerprint density at radius 1 is 1.59 bits per heavy atom. The van der Waals surface area contributed by atoms with Crippen LogP contribution in [0.1, 0.15) is 17.3 Å². The molecule has 1 atom stereocenters. The number of benzene rings is 1. The highest BCUT2D eigenvalue weighted by atomic mass is 35.5. The van der Waals surface area contributed by atoms with Gasteiger partial charge in [0.15, 0.2) is 0 Å². The van der Waals surface area contributed by atoms with Gasteiger partial charge in [-0.05, 0) is 13.0 Å². The lowest BCUT2D eigenvalue weighted by Crippen LogP contribution is -2.30. The maximum atomic E-state index is 11.6. The minimum absolute atomic E-state index is 0.0686. The second-order valence-corrected chi connectivity index (χ2v) is 3.95. The van der Waals surface area contributed by atoms with Crippen LogP contribution in [0.2, 0.25) is 5.02 Å². The van der Waals surface area contributed by atoms with Crippen LogP contribution in [-0.4, -0.2) is 28.6 Å². The first-order valence-electron chi connectivity index (χ1n) is 4.81. The molecule has 0 heterocycles. The minimum atomic E-state index is -0.687. The van der Waals surface area contributed by atoms with Gasteiger partial charge in [0, 0.05) is 29.3 Å². The molecule has 0 unspecified atom stereocenters. The molecule has 0 spiro atoms. The van der Waals surface area contributed by atoms with Gasteiger partial charge >= 0.3 is 0 Å². The molecule has 1 amide bonds. The van der Waals surface area contributed by atoms with E-state index in [1.54, 1.807) is 0 Å². The number of carbonyl (C=O) groups excluding carboxylic acids is 1. The van der Waals surface area contributed by atoms with Gasteiger partial charge in [-0.25, -0.2) is 0 Å². The van der Waals surface area contributed by atoms with E-state index in [1.807, 2.05) is 0 Å². The van der Waals surface area contributed by atoms with Crippen LogP contribution in [0.3, 0.4) is 0 Å². The van der Waals surface area contributed by atoms with Crippen LogP contribution in [0.5, 0.6) is 0 Å². The zero-order valence-corrected chi connectivity index (χ0v) is 9.77. The molecule has 0 aromatic heterocycles. The molecule has 0 aliphatic carbocycles. The molecule has 0 aliphatic rings. The fraction of sp³-hybridized carbons (Fsp3) is 0.300. The Bertz CT molecular complexity index is 448. The lowest BCUT2D eigenvalue weighted by atomic mass is 10.2. The monoisotopic (exact) mass is 258 g/mol. The molecule has 1 aromatic carbocycles. The molecule has 0 saturated carbocycles. The summed E-state index contributed by atoms with van der Waals surface area (Å²) in [5, 5.41) is 22.1. The van der Waals surface area contributed by atoms with Gasteiger partial charge in [-0.3, -0.25) is 14.9 Å². The van der Waals surface area contributed by atoms with E-state index >= 15 is 0 Å². The quantitative estimate of drug-likeness (QED) is 0.630. The Morgan fingerprint density at radius 2 is 2.24 bits per heavy atom. The van der Waals surface area contributed by atoms with Gasteiger partial charge in [0.2, 0.25) is 0 Å². The highest BCUT2D eigenvalue weighted by Crippen LogP contribution is 2.20. The number of aliphatic hydroxyl groups excluding tert-OH is 1. The number of non-ortho nitro benzene ring substituents is 1. The van der Waals surface area contributed by atoms with Crippen molar-refractivity contribution in [3.63, 3.8) is 0 Å². The summed E-state index contributed by atoms with van der Waals surface area (Å²) in [4.78, 5) is 21.5. The van der Waals surface area contributed by atoms with Crippen molar-refractivity contribution >= 4 is 23.2 Å². The lowest BCUT2D eigenvalue weighted by Gasteiger charge is -2.07. The van der Waals surface area contributed by atoms with Crippen LogP contribution in [0.25, 0.3) is 0 Å². The van der Waals surface area contributed by atoms with Gasteiger partial charge in [-0.15, -0.1) is 0 Å². The number of halogens is 1. The zero-order chi connectivity index (χ0) is 13.0. The molecule has 0 fully saturated rings. The number of carbonyl (C=O) groups is 1. The topological polar surface area (TPSA) is 92.5 Å². The molecule has 0 aliphatic heterocycles. The Kier molecular flexibility index (Phi) is 4.42. The van der Waals surface area contributed by atoms with Crippen LogP contribution in [0.4, 0.5) is 5.69 Å². The Labute approximate surface area is 102 Å². The van der Waals surface area contributed by atoms with Gasteiger partial charge in [-0.1, -0.05) is 11.6 Å². The van der Waals surface area contributed by atoms with Crippen LogP contribution < -0.4 is 5.32 Å². The lowest BCUT2D eigenvalue weighted by molar-refractivity contribution is -0.384. The van der Waals surface area contributed by atoms with E-state index in [4.69, 9.17) is 16.7 Å². The van der Waals surface area contributed by atoms with Crippen molar-refractivity contribution in [2.45, 2.75) is 13.0 Å². The minimum Gasteiger partial charge on any atom is -0.392 e. The highest BCUT2D eigenvalue weighted by molar-refractivity contribution is 6.31. The maximum Gasteiger partial charge on any atom is 0.271 e. The smallest absolute Gasteiger partial charge is 0.271 e. The molecule has 0 radical (unpaired) electrons. The van der Waals surface area contributed by atoms with E-state index in [2.05, 4.69) is 5.32 Å². The van der Waals surface area contributed by atoms with Gasteiger partial charge < -0.3 is 10.4 Å². The second-order valence-electron chi connectivity index (χ2n) is 3.51. The SMILES string of the molecule is C[C@H](O)CNC(=O)c1cc(Cl)cc([N+](=O)[O-])c1. The summed E-state index contributed by atoms with van der Waals surface area (Å²) in [5.74, 6) is -0.517. The summed E-state index contributed by atoms with van der Waals surface area (Å²) in [7, 11) is 0. The number of aliphatic hydroxyl groups is 1. The van der Waals surface area contributed by atoms with E-state index in [0.29, 0.717) is 0 Å². The summed E-state index contributed by atoms with van der Waals surface area (Å²) in [6.45, 7) is 1.58. The number of rotatable bonds is 4. The van der Waals surface area contributed by atoms with E-state index in [1.165, 1.54) is 13.0 Å². The number of hydrogen-bond acceptors (Lipinski definition) is 4. The summed E-state index contributed by atoms with van der Waals surface area (Å²) < 4.78 is 0. The van der Waals surface area contributed by atoms with Crippen molar-refractivity contribution in [1.29, 1.82) is 0 Å². The van der Waals surface area contributed by atoms with Gasteiger partial charge in [0.25, 0.3) is 11.6 Å². The van der Waals surface area contributed by atoms with E-state index in [-0.39, 0.29) is 22.8 Å². The van der Waals surface area contributed by atoms with Crippen LogP contribution >= 0.6 is 11.6 Å².